The Balaban J connectivity index is 3.92. The van der Waals surface area contributed by atoms with Gasteiger partial charge in [-0.2, -0.15) is 0 Å². The number of carbonyl (C=O) groups is 2. The molecule has 0 aliphatic rings. The molecule has 0 fully saturated rings. The summed E-state index contributed by atoms with van der Waals surface area (Å²) in [6, 6.07) is 0. The van der Waals surface area contributed by atoms with E-state index in [0.717, 1.165) is 38.5 Å². The quantitative estimate of drug-likeness (QED) is 0.0280. The van der Waals surface area contributed by atoms with Crippen molar-refractivity contribution in [2.45, 2.75) is 219 Å². The van der Waals surface area contributed by atoms with Gasteiger partial charge in [-0.3, -0.25) is 14.1 Å². The van der Waals surface area contributed by atoms with E-state index in [2.05, 4.69) is 30.5 Å². The van der Waals surface area contributed by atoms with E-state index in [4.69, 9.17) is 19.3 Å². The second kappa shape index (κ2) is 36.6. The first kappa shape index (κ1) is 47.8. The van der Waals surface area contributed by atoms with Crippen molar-refractivity contribution >= 4 is 19.8 Å². The summed E-state index contributed by atoms with van der Waals surface area (Å²) in [5.74, 6) is -0.899. The summed E-state index contributed by atoms with van der Waals surface area (Å²) >= 11 is 0. The maximum Gasteiger partial charge on any atom is 0.469 e. The molecule has 2 N–H and O–H groups in total. The van der Waals surface area contributed by atoms with E-state index in [1.54, 1.807) is 0 Å². The van der Waals surface area contributed by atoms with Crippen LogP contribution in [0.2, 0.25) is 0 Å². The Kier molecular flexibility index (Phi) is 35.7. The molecule has 0 spiro atoms. The topological polar surface area (TPSA) is 119 Å². The number of hydrogen-bond donors (Lipinski definition) is 2. The molecule has 49 heavy (non-hydrogen) atoms. The molecular weight excluding hydrogens is 639 g/mol. The molecule has 0 rings (SSSR count). The molecule has 8 nitrogen and oxygen atoms in total. The molecule has 0 aromatic heterocycles. The Labute approximate surface area is 301 Å². The standard InChI is InChI=1S/C40H77O8P/c1-3-5-7-9-11-13-15-17-19-21-23-25-27-29-31-33-35-40(42)48-38(37-47-49(43,44)45)36-46-39(41)34-32-30-28-26-24-22-20-18-16-14-12-10-8-6-4-2/h24,26,38H,3-23,25,27-37H2,1-2H3,(H2,43,44,45)/b26-24+/t38-/m1/s1. The molecule has 0 bridgehead atoms. The molecule has 290 valence electrons. The first-order valence-corrected chi connectivity index (χ1v) is 22.0. The van der Waals surface area contributed by atoms with Gasteiger partial charge in [-0.05, 0) is 38.5 Å². The van der Waals surface area contributed by atoms with Gasteiger partial charge in [0.05, 0.1) is 6.61 Å². The lowest BCUT2D eigenvalue weighted by Gasteiger charge is -2.18. The van der Waals surface area contributed by atoms with Crippen LogP contribution in [0.1, 0.15) is 213 Å². The lowest BCUT2D eigenvalue weighted by molar-refractivity contribution is -0.161. The van der Waals surface area contributed by atoms with Gasteiger partial charge >= 0.3 is 19.8 Å². The predicted octanol–water partition coefficient (Wildman–Crippen LogP) is 12.2. The van der Waals surface area contributed by atoms with Crippen LogP contribution in [0, 0.1) is 0 Å². The molecule has 1 atom stereocenters. The molecule has 0 amide bonds. The number of rotatable bonds is 38. The average Bonchev–Trinajstić information content (AvgIpc) is 3.07. The molecule has 9 heteroatoms. The van der Waals surface area contributed by atoms with Crippen LogP contribution in [-0.2, 0) is 28.2 Å². The van der Waals surface area contributed by atoms with Crippen molar-refractivity contribution in [1.29, 1.82) is 0 Å². The summed E-state index contributed by atoms with van der Waals surface area (Å²) < 4.78 is 26.3. The Morgan fingerprint density at radius 1 is 0.510 bits per heavy atom. The third-order valence-electron chi connectivity index (χ3n) is 9.03. The van der Waals surface area contributed by atoms with Crippen LogP contribution in [-0.4, -0.2) is 41.0 Å². The maximum atomic E-state index is 12.4. The van der Waals surface area contributed by atoms with Crippen LogP contribution in [0.15, 0.2) is 12.2 Å². The summed E-state index contributed by atoms with van der Waals surface area (Å²) in [5.41, 5.74) is 0. The van der Waals surface area contributed by atoms with Gasteiger partial charge in [0.15, 0.2) is 6.10 Å². The average molecular weight is 717 g/mol. The highest BCUT2D eigenvalue weighted by Crippen LogP contribution is 2.36. The van der Waals surface area contributed by atoms with Crippen LogP contribution in [0.4, 0.5) is 0 Å². The molecule has 0 radical (unpaired) electrons. The van der Waals surface area contributed by atoms with E-state index in [1.165, 1.54) is 135 Å². The summed E-state index contributed by atoms with van der Waals surface area (Å²) in [7, 11) is -4.75. The highest BCUT2D eigenvalue weighted by molar-refractivity contribution is 7.46. The van der Waals surface area contributed by atoms with Crippen molar-refractivity contribution in [2.75, 3.05) is 13.2 Å². The van der Waals surface area contributed by atoms with E-state index < -0.39 is 32.5 Å². The number of carbonyl (C=O) groups excluding carboxylic acids is 2. The fraction of sp³-hybridized carbons (Fsp3) is 0.900. The van der Waals surface area contributed by atoms with Gasteiger partial charge in [-0.15, -0.1) is 0 Å². The third kappa shape index (κ3) is 39.4. The largest absolute Gasteiger partial charge is 0.469 e. The van der Waals surface area contributed by atoms with E-state index in [-0.39, 0.29) is 19.4 Å². The zero-order valence-electron chi connectivity index (χ0n) is 31.9. The highest BCUT2D eigenvalue weighted by atomic mass is 31.2. The molecule has 0 saturated carbocycles. The molecule has 0 heterocycles. The number of esters is 2. The van der Waals surface area contributed by atoms with Gasteiger partial charge in [0, 0.05) is 12.8 Å². The Morgan fingerprint density at radius 2 is 0.857 bits per heavy atom. The second-order valence-corrected chi connectivity index (χ2v) is 15.2. The normalized spacial score (nSPS) is 12.5. The molecule has 0 aromatic rings. The lowest BCUT2D eigenvalue weighted by atomic mass is 10.0. The smallest absolute Gasteiger partial charge is 0.462 e. The van der Waals surface area contributed by atoms with Crippen LogP contribution in [0.3, 0.4) is 0 Å². The van der Waals surface area contributed by atoms with Crippen molar-refractivity contribution in [2.24, 2.45) is 0 Å². The number of phosphoric acid groups is 1. The third-order valence-corrected chi connectivity index (χ3v) is 9.52. The van der Waals surface area contributed by atoms with Crippen molar-refractivity contribution in [3.05, 3.63) is 12.2 Å². The lowest BCUT2D eigenvalue weighted by Crippen LogP contribution is -2.29. The summed E-state index contributed by atoms with van der Waals surface area (Å²) in [6.45, 7) is 3.68. The SMILES string of the molecule is CCCCCCCCCCC/C=C/CCCCC(=O)OC[C@H](COP(=O)(O)O)OC(=O)CCCCCCCCCCCCCCCCCC. The van der Waals surface area contributed by atoms with E-state index in [1.807, 2.05) is 0 Å². The monoisotopic (exact) mass is 717 g/mol. The first-order chi connectivity index (χ1) is 23.8. The molecule has 0 aromatic carbocycles. The van der Waals surface area contributed by atoms with Crippen LogP contribution >= 0.6 is 7.82 Å². The van der Waals surface area contributed by atoms with Gasteiger partial charge in [0.1, 0.15) is 6.61 Å². The Morgan fingerprint density at radius 3 is 1.29 bits per heavy atom. The zero-order valence-corrected chi connectivity index (χ0v) is 32.8. The van der Waals surface area contributed by atoms with Crippen molar-refractivity contribution in [3.63, 3.8) is 0 Å². The van der Waals surface area contributed by atoms with E-state index in [9.17, 15) is 14.2 Å². The Hall–Kier alpha value is -1.21. The molecule has 0 aliphatic carbocycles. The summed E-state index contributed by atoms with van der Waals surface area (Å²) in [6.07, 6.45) is 39.3. The fourth-order valence-electron chi connectivity index (χ4n) is 5.96. The number of allylic oxidation sites excluding steroid dienone is 2. The minimum Gasteiger partial charge on any atom is -0.462 e. The number of phosphoric ester groups is 1. The van der Waals surface area contributed by atoms with Crippen LogP contribution < -0.4 is 0 Å². The second-order valence-electron chi connectivity index (χ2n) is 14.0. The van der Waals surface area contributed by atoms with Crippen LogP contribution in [0.5, 0.6) is 0 Å². The fourth-order valence-corrected chi connectivity index (χ4v) is 6.32. The molecule has 0 saturated heterocycles. The number of ether oxygens (including phenoxy) is 2. The van der Waals surface area contributed by atoms with Crippen molar-refractivity contribution < 1.29 is 37.9 Å². The van der Waals surface area contributed by atoms with Gasteiger partial charge in [0.2, 0.25) is 0 Å². The van der Waals surface area contributed by atoms with Gasteiger partial charge in [-0.1, -0.05) is 174 Å². The molecule has 0 aliphatic heterocycles. The minimum atomic E-state index is -4.75. The molecule has 0 unspecified atom stereocenters. The number of hydrogen-bond acceptors (Lipinski definition) is 6. The Bertz CT molecular complexity index is 812. The number of unbranched alkanes of at least 4 members (excludes halogenated alkanes) is 26. The van der Waals surface area contributed by atoms with Crippen molar-refractivity contribution in [3.8, 4) is 0 Å². The predicted molar refractivity (Wildman–Crippen MR) is 202 cm³/mol. The van der Waals surface area contributed by atoms with Crippen LogP contribution in [0.25, 0.3) is 0 Å². The summed E-state index contributed by atoms with van der Waals surface area (Å²) in [5, 5.41) is 0. The zero-order chi connectivity index (χ0) is 36.1. The summed E-state index contributed by atoms with van der Waals surface area (Å²) in [4.78, 5) is 42.8. The maximum absolute atomic E-state index is 12.4. The van der Waals surface area contributed by atoms with Gasteiger partial charge in [0.25, 0.3) is 0 Å². The van der Waals surface area contributed by atoms with Gasteiger partial charge < -0.3 is 19.3 Å². The van der Waals surface area contributed by atoms with E-state index in [0.29, 0.717) is 12.8 Å². The van der Waals surface area contributed by atoms with Gasteiger partial charge in [-0.25, -0.2) is 4.57 Å². The van der Waals surface area contributed by atoms with Crippen molar-refractivity contribution in [1.82, 2.24) is 0 Å². The first-order valence-electron chi connectivity index (χ1n) is 20.5. The highest BCUT2D eigenvalue weighted by Gasteiger charge is 2.22. The van der Waals surface area contributed by atoms with E-state index >= 15 is 0 Å². The minimum absolute atomic E-state index is 0.214. The molecular formula is C40H77O8P.